The Morgan fingerprint density at radius 1 is 1.36 bits per heavy atom. The second kappa shape index (κ2) is 7.42. The first-order chi connectivity index (χ1) is 5.31. The maximum Gasteiger partial charge on any atom is 0.00882 e. The SMILES string of the molecule is C=CC=CC=CC(C)=CCS. The number of thiol groups is 1. The van der Waals surface area contributed by atoms with E-state index in [0.717, 1.165) is 5.75 Å². The summed E-state index contributed by atoms with van der Waals surface area (Å²) in [6.07, 6.45) is 11.7. The van der Waals surface area contributed by atoms with Gasteiger partial charge in [-0.3, -0.25) is 0 Å². The molecule has 0 aromatic rings. The maximum absolute atomic E-state index is 4.08. The van der Waals surface area contributed by atoms with E-state index < -0.39 is 0 Å². The van der Waals surface area contributed by atoms with E-state index >= 15 is 0 Å². The Labute approximate surface area is 74.4 Å². The monoisotopic (exact) mass is 166 g/mol. The Kier molecular flexibility index (Phi) is 6.95. The van der Waals surface area contributed by atoms with Crippen LogP contribution in [-0.4, -0.2) is 5.75 Å². The molecule has 11 heavy (non-hydrogen) atoms. The van der Waals surface area contributed by atoms with E-state index in [1.807, 2.05) is 24.3 Å². The van der Waals surface area contributed by atoms with Crippen molar-refractivity contribution in [3.63, 3.8) is 0 Å². The lowest BCUT2D eigenvalue weighted by atomic mass is 10.2. The highest BCUT2D eigenvalue weighted by Crippen LogP contribution is 1.95. The average molecular weight is 166 g/mol. The fourth-order valence-electron chi connectivity index (χ4n) is 0.562. The first kappa shape index (κ1) is 10.3. The molecule has 0 spiro atoms. The number of hydrogen-bond acceptors (Lipinski definition) is 1. The third kappa shape index (κ3) is 7.20. The van der Waals surface area contributed by atoms with Crippen LogP contribution in [0.5, 0.6) is 0 Å². The molecule has 0 saturated heterocycles. The molecule has 0 aromatic heterocycles. The normalized spacial score (nSPS) is 13.1. The van der Waals surface area contributed by atoms with Crippen molar-refractivity contribution in [2.45, 2.75) is 6.92 Å². The summed E-state index contributed by atoms with van der Waals surface area (Å²) in [4.78, 5) is 0. The van der Waals surface area contributed by atoms with Crippen molar-refractivity contribution in [3.8, 4) is 0 Å². The zero-order valence-corrected chi connectivity index (χ0v) is 7.72. The van der Waals surface area contributed by atoms with Crippen LogP contribution in [0.25, 0.3) is 0 Å². The minimum absolute atomic E-state index is 0.793. The van der Waals surface area contributed by atoms with E-state index in [0.29, 0.717) is 0 Å². The van der Waals surface area contributed by atoms with Gasteiger partial charge in [0.1, 0.15) is 0 Å². The lowest BCUT2D eigenvalue weighted by Gasteiger charge is -1.86. The van der Waals surface area contributed by atoms with Gasteiger partial charge in [0, 0.05) is 5.75 Å². The molecule has 0 atom stereocenters. The van der Waals surface area contributed by atoms with E-state index in [1.165, 1.54) is 5.57 Å². The van der Waals surface area contributed by atoms with Crippen LogP contribution in [0.3, 0.4) is 0 Å². The Hall–Kier alpha value is -0.690. The van der Waals surface area contributed by atoms with Crippen molar-refractivity contribution < 1.29 is 0 Å². The third-order valence-electron chi connectivity index (χ3n) is 1.13. The van der Waals surface area contributed by atoms with Gasteiger partial charge in [0.15, 0.2) is 0 Å². The minimum atomic E-state index is 0.793. The maximum atomic E-state index is 4.08. The van der Waals surface area contributed by atoms with E-state index in [-0.39, 0.29) is 0 Å². The zero-order valence-electron chi connectivity index (χ0n) is 6.83. The van der Waals surface area contributed by atoms with Gasteiger partial charge in [0.05, 0.1) is 0 Å². The summed E-state index contributed by atoms with van der Waals surface area (Å²) in [5.41, 5.74) is 1.23. The molecule has 1 heteroatoms. The smallest absolute Gasteiger partial charge is 0.00882 e. The Balaban J connectivity index is 3.82. The Morgan fingerprint density at radius 3 is 2.64 bits per heavy atom. The summed E-state index contributed by atoms with van der Waals surface area (Å²) in [6, 6.07) is 0. The molecule has 0 radical (unpaired) electrons. The highest BCUT2D eigenvalue weighted by Gasteiger charge is 1.75. The van der Waals surface area contributed by atoms with Crippen molar-refractivity contribution >= 4 is 12.6 Å². The van der Waals surface area contributed by atoms with Crippen LogP contribution in [0.2, 0.25) is 0 Å². The van der Waals surface area contributed by atoms with Crippen LogP contribution >= 0.6 is 12.6 Å². The van der Waals surface area contributed by atoms with E-state index in [2.05, 4.69) is 32.2 Å². The molecule has 0 N–H and O–H groups in total. The molecule has 0 saturated carbocycles. The summed E-state index contributed by atoms with van der Waals surface area (Å²) in [5, 5.41) is 0. The van der Waals surface area contributed by atoms with Gasteiger partial charge < -0.3 is 0 Å². The molecule has 0 bridgehead atoms. The lowest BCUT2D eigenvalue weighted by Crippen LogP contribution is -1.68. The molecule has 0 unspecified atom stereocenters. The van der Waals surface area contributed by atoms with Crippen LogP contribution in [0.15, 0.2) is 48.6 Å². The van der Waals surface area contributed by atoms with Gasteiger partial charge in [-0.1, -0.05) is 48.6 Å². The molecule has 0 fully saturated rings. The van der Waals surface area contributed by atoms with Gasteiger partial charge >= 0.3 is 0 Å². The predicted molar refractivity (Wildman–Crippen MR) is 56.1 cm³/mol. The van der Waals surface area contributed by atoms with E-state index in [4.69, 9.17) is 0 Å². The summed E-state index contributed by atoms with van der Waals surface area (Å²) in [7, 11) is 0. The second-order valence-electron chi connectivity index (χ2n) is 2.11. The van der Waals surface area contributed by atoms with Crippen LogP contribution < -0.4 is 0 Å². The molecule has 0 aliphatic carbocycles. The fourth-order valence-corrected chi connectivity index (χ4v) is 0.850. The molecule has 0 aliphatic rings. The second-order valence-corrected chi connectivity index (χ2v) is 2.48. The molecular formula is C10H14S. The molecule has 0 heterocycles. The molecule has 0 aromatic carbocycles. The first-order valence-corrected chi connectivity index (χ1v) is 4.18. The number of hydrogen-bond donors (Lipinski definition) is 1. The van der Waals surface area contributed by atoms with Gasteiger partial charge in [-0.15, -0.1) is 0 Å². The average Bonchev–Trinajstić information content (AvgIpc) is 1.99. The zero-order chi connectivity index (χ0) is 8.53. The predicted octanol–water partition coefficient (Wildman–Crippen LogP) is 3.16. The molecule has 0 rings (SSSR count). The van der Waals surface area contributed by atoms with E-state index in [9.17, 15) is 0 Å². The molecular weight excluding hydrogens is 152 g/mol. The van der Waals surface area contributed by atoms with Crippen molar-refractivity contribution in [3.05, 3.63) is 48.6 Å². The highest BCUT2D eigenvalue weighted by atomic mass is 32.1. The van der Waals surface area contributed by atoms with Crippen LogP contribution in [0.4, 0.5) is 0 Å². The van der Waals surface area contributed by atoms with Crippen molar-refractivity contribution in [2.75, 3.05) is 5.75 Å². The van der Waals surface area contributed by atoms with Crippen molar-refractivity contribution in [2.24, 2.45) is 0 Å². The molecule has 60 valence electrons. The standard InChI is InChI=1S/C10H14S/c1-3-4-5-6-7-10(2)8-9-11/h3-8,11H,1,9H2,2H3. The number of rotatable bonds is 4. The first-order valence-electron chi connectivity index (χ1n) is 3.54. The minimum Gasteiger partial charge on any atom is -0.175 e. The summed E-state index contributed by atoms with van der Waals surface area (Å²) >= 11 is 4.08. The van der Waals surface area contributed by atoms with Crippen molar-refractivity contribution in [1.29, 1.82) is 0 Å². The topological polar surface area (TPSA) is 0 Å². The largest absolute Gasteiger partial charge is 0.175 e. The lowest BCUT2D eigenvalue weighted by molar-refractivity contribution is 1.49. The van der Waals surface area contributed by atoms with Crippen LogP contribution in [-0.2, 0) is 0 Å². The summed E-state index contributed by atoms with van der Waals surface area (Å²) in [5.74, 6) is 0.793. The van der Waals surface area contributed by atoms with Gasteiger partial charge in [-0.05, 0) is 6.92 Å². The van der Waals surface area contributed by atoms with Gasteiger partial charge in [0.2, 0.25) is 0 Å². The van der Waals surface area contributed by atoms with Crippen LogP contribution in [0, 0.1) is 0 Å². The fraction of sp³-hybridized carbons (Fsp3) is 0.200. The quantitative estimate of drug-likeness (QED) is 0.481. The van der Waals surface area contributed by atoms with Gasteiger partial charge in [0.25, 0.3) is 0 Å². The highest BCUT2D eigenvalue weighted by molar-refractivity contribution is 7.80. The van der Waals surface area contributed by atoms with Gasteiger partial charge in [-0.2, -0.15) is 12.6 Å². The summed E-state index contributed by atoms with van der Waals surface area (Å²) in [6.45, 7) is 5.62. The molecule has 0 nitrogen and oxygen atoms in total. The Bertz CT molecular complexity index is 185. The van der Waals surface area contributed by atoms with Gasteiger partial charge in [-0.25, -0.2) is 0 Å². The summed E-state index contributed by atoms with van der Waals surface area (Å²) < 4.78 is 0. The third-order valence-corrected chi connectivity index (χ3v) is 1.31. The van der Waals surface area contributed by atoms with Crippen molar-refractivity contribution in [1.82, 2.24) is 0 Å². The molecule has 0 amide bonds. The molecule has 0 aliphatic heterocycles. The van der Waals surface area contributed by atoms with Crippen LogP contribution in [0.1, 0.15) is 6.92 Å². The Morgan fingerprint density at radius 2 is 2.09 bits per heavy atom. The number of allylic oxidation sites excluding steroid dienone is 6. The van der Waals surface area contributed by atoms with E-state index in [1.54, 1.807) is 6.08 Å².